The molecular formula is C16H19ClN2O5. The van der Waals surface area contributed by atoms with E-state index in [2.05, 4.69) is 5.32 Å². The number of aliphatic carboxylic acids is 1. The number of rotatable bonds is 5. The minimum absolute atomic E-state index is 0.0568. The summed E-state index contributed by atoms with van der Waals surface area (Å²) in [5, 5.41) is 23.0. The van der Waals surface area contributed by atoms with Gasteiger partial charge >= 0.3 is 5.97 Å². The van der Waals surface area contributed by atoms with Crippen molar-refractivity contribution in [1.29, 1.82) is 0 Å². The lowest BCUT2D eigenvalue weighted by atomic mass is 9.74. The molecule has 1 amide bonds. The van der Waals surface area contributed by atoms with Crippen LogP contribution in [0.15, 0.2) is 18.2 Å². The van der Waals surface area contributed by atoms with E-state index in [0.717, 1.165) is 12.8 Å². The molecule has 1 aromatic carbocycles. The zero-order valence-electron chi connectivity index (χ0n) is 13.3. The van der Waals surface area contributed by atoms with Crippen LogP contribution in [0.25, 0.3) is 0 Å². The molecule has 1 aliphatic rings. The number of carboxylic acids is 1. The van der Waals surface area contributed by atoms with E-state index in [4.69, 9.17) is 11.6 Å². The van der Waals surface area contributed by atoms with Gasteiger partial charge in [0, 0.05) is 12.1 Å². The van der Waals surface area contributed by atoms with Gasteiger partial charge in [0.15, 0.2) is 0 Å². The first-order valence-corrected chi connectivity index (χ1v) is 8.07. The van der Waals surface area contributed by atoms with Gasteiger partial charge in [-0.3, -0.25) is 19.7 Å². The molecule has 1 fully saturated rings. The second kappa shape index (κ2) is 7.17. The zero-order valence-corrected chi connectivity index (χ0v) is 14.0. The highest BCUT2D eigenvalue weighted by atomic mass is 35.5. The van der Waals surface area contributed by atoms with Gasteiger partial charge in [-0.15, -0.1) is 0 Å². The summed E-state index contributed by atoms with van der Waals surface area (Å²) in [5.41, 5.74) is -0.477. The highest BCUT2D eigenvalue weighted by Gasteiger charge is 2.42. The van der Waals surface area contributed by atoms with Crippen LogP contribution in [0.4, 0.5) is 5.69 Å². The monoisotopic (exact) mass is 354 g/mol. The maximum atomic E-state index is 12.3. The Balaban J connectivity index is 2.09. The molecule has 0 aliphatic heterocycles. The molecule has 1 aliphatic carbocycles. The number of carbonyl (C=O) groups is 2. The maximum absolute atomic E-state index is 12.3. The van der Waals surface area contributed by atoms with Crippen LogP contribution in [0.5, 0.6) is 0 Å². The Morgan fingerprint density at radius 2 is 2.17 bits per heavy atom. The number of carboxylic acid groups (broad SMARTS) is 1. The molecule has 2 rings (SSSR count). The second-order valence-electron chi connectivity index (χ2n) is 6.31. The van der Waals surface area contributed by atoms with Crippen molar-refractivity contribution in [2.45, 2.75) is 44.6 Å². The van der Waals surface area contributed by atoms with Crippen molar-refractivity contribution in [2.75, 3.05) is 0 Å². The predicted molar refractivity (Wildman–Crippen MR) is 88.0 cm³/mol. The number of carbonyl (C=O) groups excluding carboxylic acids is 1. The summed E-state index contributed by atoms with van der Waals surface area (Å²) in [6, 6.07) is 3.93. The van der Waals surface area contributed by atoms with Crippen molar-refractivity contribution >= 4 is 29.2 Å². The van der Waals surface area contributed by atoms with E-state index < -0.39 is 22.3 Å². The molecule has 1 saturated carbocycles. The number of amides is 1. The van der Waals surface area contributed by atoms with Crippen molar-refractivity contribution in [2.24, 2.45) is 5.92 Å². The zero-order chi connectivity index (χ0) is 17.9. The van der Waals surface area contributed by atoms with Gasteiger partial charge in [0.05, 0.1) is 27.8 Å². The van der Waals surface area contributed by atoms with Crippen LogP contribution in [0, 0.1) is 16.0 Å². The largest absolute Gasteiger partial charge is 0.481 e. The molecule has 0 radical (unpaired) electrons. The van der Waals surface area contributed by atoms with E-state index in [1.807, 2.05) is 0 Å². The first kappa shape index (κ1) is 18.2. The molecule has 1 aromatic rings. The fourth-order valence-corrected chi connectivity index (χ4v) is 3.45. The Bertz CT molecular complexity index is 678. The quantitative estimate of drug-likeness (QED) is 0.624. The molecule has 7 nitrogen and oxygen atoms in total. The van der Waals surface area contributed by atoms with Crippen LogP contribution in [-0.4, -0.2) is 27.4 Å². The summed E-state index contributed by atoms with van der Waals surface area (Å²) in [6.07, 6.45) is 2.77. The van der Waals surface area contributed by atoms with Gasteiger partial charge in [-0.25, -0.2) is 0 Å². The number of non-ortho nitro benzene ring substituents is 1. The summed E-state index contributed by atoms with van der Waals surface area (Å²) in [6.45, 7) is 1.75. The lowest BCUT2D eigenvalue weighted by Crippen LogP contribution is -2.55. The molecule has 2 unspecified atom stereocenters. The molecule has 0 saturated heterocycles. The number of hydrogen-bond acceptors (Lipinski definition) is 4. The first-order chi connectivity index (χ1) is 11.2. The fraction of sp³-hybridized carbons (Fsp3) is 0.500. The van der Waals surface area contributed by atoms with Gasteiger partial charge in [0.25, 0.3) is 5.69 Å². The number of nitro benzene ring substituents is 1. The Labute approximate surface area is 144 Å². The van der Waals surface area contributed by atoms with E-state index in [1.165, 1.54) is 18.2 Å². The Morgan fingerprint density at radius 3 is 2.75 bits per heavy atom. The summed E-state index contributed by atoms with van der Waals surface area (Å²) in [4.78, 5) is 33.9. The predicted octanol–water partition coefficient (Wildman–Crippen LogP) is 2.94. The summed E-state index contributed by atoms with van der Waals surface area (Å²) >= 11 is 6.00. The highest BCUT2D eigenvalue weighted by Crippen LogP contribution is 2.34. The van der Waals surface area contributed by atoms with Gasteiger partial charge in [0.1, 0.15) is 0 Å². The molecule has 0 spiro atoms. The number of benzene rings is 1. The number of nitrogens with zero attached hydrogens (tertiary/aromatic N) is 1. The number of hydrogen-bond donors (Lipinski definition) is 2. The molecule has 0 bridgehead atoms. The fourth-order valence-electron chi connectivity index (χ4n) is 3.21. The minimum Gasteiger partial charge on any atom is -0.481 e. The third-order valence-corrected chi connectivity index (χ3v) is 4.88. The Kier molecular flexibility index (Phi) is 5.43. The molecule has 0 aromatic heterocycles. The van der Waals surface area contributed by atoms with Crippen molar-refractivity contribution < 1.29 is 19.6 Å². The smallest absolute Gasteiger partial charge is 0.308 e. The lowest BCUT2D eigenvalue weighted by molar-refractivity contribution is -0.384. The third kappa shape index (κ3) is 4.03. The lowest BCUT2D eigenvalue weighted by Gasteiger charge is -2.39. The second-order valence-corrected chi connectivity index (χ2v) is 6.72. The number of halogens is 1. The van der Waals surface area contributed by atoms with Gasteiger partial charge in [-0.1, -0.05) is 30.5 Å². The maximum Gasteiger partial charge on any atom is 0.308 e. The first-order valence-electron chi connectivity index (χ1n) is 7.69. The number of nitro groups is 1. The molecule has 24 heavy (non-hydrogen) atoms. The molecule has 130 valence electrons. The standard InChI is InChI=1S/C16H19ClN2O5/c1-16(7-3-2-4-12(16)15(21)22)18-14(20)8-10-5-6-11(19(23)24)9-13(10)17/h5-6,9,12H,2-4,7-8H2,1H3,(H,18,20)(H,21,22). The SMILES string of the molecule is CC1(NC(=O)Cc2ccc([N+](=O)[O-])cc2Cl)CCCCC1C(=O)O. The highest BCUT2D eigenvalue weighted by molar-refractivity contribution is 6.31. The average molecular weight is 355 g/mol. The van der Waals surface area contributed by atoms with E-state index in [-0.39, 0.29) is 23.0 Å². The Hall–Kier alpha value is -2.15. The van der Waals surface area contributed by atoms with Gasteiger partial charge in [0.2, 0.25) is 5.91 Å². The van der Waals surface area contributed by atoms with Crippen LogP contribution in [-0.2, 0) is 16.0 Å². The van der Waals surface area contributed by atoms with Gasteiger partial charge in [-0.2, -0.15) is 0 Å². The molecule has 0 heterocycles. The van der Waals surface area contributed by atoms with Crippen LogP contribution < -0.4 is 5.32 Å². The van der Waals surface area contributed by atoms with Crippen LogP contribution >= 0.6 is 11.6 Å². The van der Waals surface area contributed by atoms with E-state index >= 15 is 0 Å². The van der Waals surface area contributed by atoms with E-state index in [0.29, 0.717) is 18.4 Å². The average Bonchev–Trinajstić information content (AvgIpc) is 2.48. The van der Waals surface area contributed by atoms with Gasteiger partial charge < -0.3 is 10.4 Å². The minimum atomic E-state index is -0.911. The van der Waals surface area contributed by atoms with Crippen LogP contribution in [0.3, 0.4) is 0 Å². The summed E-state index contributed by atoms with van der Waals surface area (Å²) in [7, 11) is 0. The van der Waals surface area contributed by atoms with E-state index in [1.54, 1.807) is 6.92 Å². The number of nitrogens with one attached hydrogen (secondary N) is 1. The summed E-state index contributed by atoms with van der Waals surface area (Å²) < 4.78 is 0. The van der Waals surface area contributed by atoms with E-state index in [9.17, 15) is 24.8 Å². The van der Waals surface area contributed by atoms with Gasteiger partial charge in [-0.05, 0) is 25.3 Å². The molecule has 2 N–H and O–H groups in total. The van der Waals surface area contributed by atoms with Crippen LogP contribution in [0.2, 0.25) is 5.02 Å². The molecular weight excluding hydrogens is 336 g/mol. The topological polar surface area (TPSA) is 110 Å². The molecule has 2 atom stereocenters. The molecule has 8 heteroatoms. The van der Waals surface area contributed by atoms with Crippen LogP contribution in [0.1, 0.15) is 38.2 Å². The normalized spacial score (nSPS) is 23.5. The summed E-state index contributed by atoms with van der Waals surface area (Å²) in [5.74, 6) is -1.88. The van der Waals surface area contributed by atoms with Crippen molar-refractivity contribution in [3.8, 4) is 0 Å². The van der Waals surface area contributed by atoms with Crippen molar-refractivity contribution in [3.05, 3.63) is 38.9 Å². The third-order valence-electron chi connectivity index (χ3n) is 4.53. The van der Waals surface area contributed by atoms with Crippen molar-refractivity contribution in [1.82, 2.24) is 5.32 Å². The van der Waals surface area contributed by atoms with Crippen molar-refractivity contribution in [3.63, 3.8) is 0 Å². The Morgan fingerprint density at radius 1 is 1.46 bits per heavy atom.